The van der Waals surface area contributed by atoms with Crippen LogP contribution in [-0.2, 0) is 0 Å². The van der Waals surface area contributed by atoms with Crippen LogP contribution < -0.4 is 0 Å². The molecular formula is C57H37N3. The van der Waals surface area contributed by atoms with Crippen LogP contribution in [0.4, 0.5) is 0 Å². The number of nitrogens with zero attached hydrogens (tertiary/aromatic N) is 3. The van der Waals surface area contributed by atoms with Crippen LogP contribution in [0.5, 0.6) is 0 Å². The maximum atomic E-state index is 5.26. The minimum atomic E-state index is 0.616. The van der Waals surface area contributed by atoms with Crippen molar-refractivity contribution in [2.24, 2.45) is 0 Å². The molecule has 0 amide bonds. The normalized spacial score (nSPS) is 11.3. The third kappa shape index (κ3) is 6.39. The molecule has 0 saturated carbocycles. The van der Waals surface area contributed by atoms with Gasteiger partial charge in [-0.25, -0.2) is 15.0 Å². The minimum Gasteiger partial charge on any atom is -0.208 e. The van der Waals surface area contributed by atoms with E-state index in [2.05, 4.69) is 218 Å². The summed E-state index contributed by atoms with van der Waals surface area (Å²) in [7, 11) is 0. The second kappa shape index (κ2) is 15.1. The van der Waals surface area contributed by atoms with E-state index in [0.29, 0.717) is 17.5 Å². The Kier molecular flexibility index (Phi) is 8.83. The van der Waals surface area contributed by atoms with Gasteiger partial charge in [0.15, 0.2) is 17.5 Å². The minimum absolute atomic E-state index is 0.616. The van der Waals surface area contributed by atoms with Gasteiger partial charge in [-0.2, -0.15) is 0 Å². The molecule has 11 aromatic rings. The zero-order valence-corrected chi connectivity index (χ0v) is 32.7. The first-order valence-corrected chi connectivity index (χ1v) is 20.4. The van der Waals surface area contributed by atoms with Gasteiger partial charge in [-0.15, -0.1) is 0 Å². The predicted molar refractivity (Wildman–Crippen MR) is 250 cm³/mol. The molecule has 3 nitrogen and oxygen atoms in total. The molecule has 0 atom stereocenters. The average molecular weight is 764 g/mol. The van der Waals surface area contributed by atoms with Crippen LogP contribution in [0.15, 0.2) is 224 Å². The summed E-state index contributed by atoms with van der Waals surface area (Å²) in [4.78, 5) is 15.8. The molecule has 60 heavy (non-hydrogen) atoms. The first-order valence-electron chi connectivity index (χ1n) is 20.4. The molecule has 0 aliphatic heterocycles. The van der Waals surface area contributed by atoms with Gasteiger partial charge in [-0.1, -0.05) is 212 Å². The molecule has 0 radical (unpaired) electrons. The molecule has 0 bridgehead atoms. The van der Waals surface area contributed by atoms with Crippen molar-refractivity contribution < 1.29 is 0 Å². The molecule has 1 aromatic heterocycles. The standard InChI is InChI=1S/C57H37N3/c1-4-16-38(17-5-1)46-24-14-15-27-51(46)57-59-55(58-56(60-57)45-33-34-48(39-18-6-2-7-19-39)52(37-45)40-20-8-3-9-21-40)43-30-28-42(29-31-43)54-49-26-13-11-23-44(49)36-53-47-25-12-10-22-41(47)32-35-50(53)54/h1-37H. The fourth-order valence-corrected chi connectivity index (χ4v) is 8.63. The fourth-order valence-electron chi connectivity index (χ4n) is 8.63. The van der Waals surface area contributed by atoms with Crippen molar-refractivity contribution in [3.63, 3.8) is 0 Å². The second-order valence-electron chi connectivity index (χ2n) is 15.1. The van der Waals surface area contributed by atoms with Crippen LogP contribution in [0.25, 0.3) is 111 Å². The van der Waals surface area contributed by atoms with Crippen molar-refractivity contribution in [2.75, 3.05) is 0 Å². The summed E-state index contributed by atoms with van der Waals surface area (Å²) < 4.78 is 0. The van der Waals surface area contributed by atoms with E-state index in [1.54, 1.807) is 0 Å². The Hall–Kier alpha value is -8.01. The van der Waals surface area contributed by atoms with Gasteiger partial charge in [0.05, 0.1) is 0 Å². The summed E-state index contributed by atoms with van der Waals surface area (Å²) in [5.74, 6) is 1.86. The molecular weight excluding hydrogens is 727 g/mol. The first-order chi connectivity index (χ1) is 29.7. The highest BCUT2D eigenvalue weighted by atomic mass is 15.0. The molecule has 0 aliphatic rings. The summed E-state index contributed by atoms with van der Waals surface area (Å²) in [5, 5.41) is 7.42. The van der Waals surface area contributed by atoms with Crippen molar-refractivity contribution >= 4 is 32.3 Å². The number of hydrogen-bond donors (Lipinski definition) is 0. The lowest BCUT2D eigenvalue weighted by atomic mass is 9.89. The largest absolute Gasteiger partial charge is 0.208 e. The van der Waals surface area contributed by atoms with Gasteiger partial charge >= 0.3 is 0 Å². The molecule has 0 fully saturated rings. The maximum absolute atomic E-state index is 5.26. The zero-order valence-electron chi connectivity index (χ0n) is 32.7. The second-order valence-corrected chi connectivity index (χ2v) is 15.1. The predicted octanol–water partition coefficient (Wildman–Crippen LogP) is 15.0. The lowest BCUT2D eigenvalue weighted by Crippen LogP contribution is -2.01. The van der Waals surface area contributed by atoms with E-state index in [1.807, 2.05) is 6.07 Å². The van der Waals surface area contributed by atoms with Crippen molar-refractivity contribution in [1.82, 2.24) is 15.0 Å². The van der Waals surface area contributed by atoms with Gasteiger partial charge in [-0.3, -0.25) is 0 Å². The summed E-state index contributed by atoms with van der Waals surface area (Å²) >= 11 is 0. The molecule has 0 unspecified atom stereocenters. The third-order valence-electron chi connectivity index (χ3n) is 11.5. The van der Waals surface area contributed by atoms with Gasteiger partial charge in [0.1, 0.15) is 0 Å². The van der Waals surface area contributed by atoms with Gasteiger partial charge in [0, 0.05) is 16.7 Å². The van der Waals surface area contributed by atoms with Crippen molar-refractivity contribution in [3.8, 4) is 78.7 Å². The molecule has 3 heteroatoms. The topological polar surface area (TPSA) is 38.7 Å². The zero-order chi connectivity index (χ0) is 39.8. The van der Waals surface area contributed by atoms with Crippen LogP contribution in [0.2, 0.25) is 0 Å². The average Bonchev–Trinajstić information content (AvgIpc) is 3.34. The van der Waals surface area contributed by atoms with Crippen LogP contribution >= 0.6 is 0 Å². The van der Waals surface area contributed by atoms with Gasteiger partial charge in [0.25, 0.3) is 0 Å². The Morgan fingerprint density at radius 1 is 0.217 bits per heavy atom. The number of fused-ring (bicyclic) bond motifs is 4. The molecule has 0 saturated heterocycles. The van der Waals surface area contributed by atoms with Crippen LogP contribution in [-0.4, -0.2) is 15.0 Å². The van der Waals surface area contributed by atoms with Crippen molar-refractivity contribution in [2.45, 2.75) is 0 Å². The molecule has 0 spiro atoms. The molecule has 10 aromatic carbocycles. The Balaban J connectivity index is 1.09. The highest BCUT2D eigenvalue weighted by Gasteiger charge is 2.19. The Bertz CT molecular complexity index is 3340. The summed E-state index contributed by atoms with van der Waals surface area (Å²) in [5.41, 5.74) is 11.9. The molecule has 0 aliphatic carbocycles. The summed E-state index contributed by atoms with van der Waals surface area (Å²) in [6.45, 7) is 0. The first kappa shape index (κ1) is 35.2. The maximum Gasteiger partial charge on any atom is 0.164 e. The van der Waals surface area contributed by atoms with Gasteiger partial charge in [-0.05, 0) is 89.0 Å². The smallest absolute Gasteiger partial charge is 0.164 e. The van der Waals surface area contributed by atoms with Crippen LogP contribution in [0.1, 0.15) is 0 Å². The number of aromatic nitrogens is 3. The van der Waals surface area contributed by atoms with Gasteiger partial charge < -0.3 is 0 Å². The SMILES string of the molecule is c1ccc(-c2ccc(-c3nc(-c4ccc(-c5c6ccccc6cc6c5ccc5ccccc56)cc4)nc(-c4ccccc4-c4ccccc4)n3)cc2-c2ccccc2)cc1. The molecule has 0 N–H and O–H groups in total. The number of rotatable bonds is 7. The highest BCUT2D eigenvalue weighted by Crippen LogP contribution is 2.41. The summed E-state index contributed by atoms with van der Waals surface area (Å²) in [6, 6.07) is 79.4. The lowest BCUT2D eigenvalue weighted by molar-refractivity contribution is 1.07. The van der Waals surface area contributed by atoms with Crippen LogP contribution in [0.3, 0.4) is 0 Å². The van der Waals surface area contributed by atoms with E-state index in [4.69, 9.17) is 15.0 Å². The van der Waals surface area contributed by atoms with Crippen LogP contribution in [0, 0.1) is 0 Å². The highest BCUT2D eigenvalue weighted by molar-refractivity contribution is 6.20. The fraction of sp³-hybridized carbons (Fsp3) is 0. The number of hydrogen-bond acceptors (Lipinski definition) is 3. The molecule has 11 rings (SSSR count). The van der Waals surface area contributed by atoms with E-state index in [1.165, 1.54) is 37.9 Å². The Morgan fingerprint density at radius 3 is 1.38 bits per heavy atom. The van der Waals surface area contributed by atoms with E-state index in [9.17, 15) is 0 Å². The number of benzene rings is 10. The van der Waals surface area contributed by atoms with E-state index < -0.39 is 0 Å². The molecule has 1 heterocycles. The van der Waals surface area contributed by atoms with Crippen molar-refractivity contribution in [1.29, 1.82) is 0 Å². The Morgan fingerprint density at radius 2 is 0.700 bits per heavy atom. The lowest BCUT2D eigenvalue weighted by Gasteiger charge is -2.15. The quantitative estimate of drug-likeness (QED) is 0.120. The van der Waals surface area contributed by atoms with E-state index >= 15 is 0 Å². The monoisotopic (exact) mass is 763 g/mol. The van der Waals surface area contributed by atoms with E-state index in [-0.39, 0.29) is 0 Å². The third-order valence-corrected chi connectivity index (χ3v) is 11.5. The van der Waals surface area contributed by atoms with Crippen molar-refractivity contribution in [3.05, 3.63) is 224 Å². The summed E-state index contributed by atoms with van der Waals surface area (Å²) in [6.07, 6.45) is 0. The Labute approximate surface area is 349 Å². The van der Waals surface area contributed by atoms with E-state index in [0.717, 1.165) is 55.6 Å². The molecule has 280 valence electrons. The van der Waals surface area contributed by atoms with Gasteiger partial charge in [0.2, 0.25) is 0 Å².